The van der Waals surface area contributed by atoms with E-state index in [9.17, 15) is 28.1 Å². The van der Waals surface area contributed by atoms with E-state index in [1.165, 1.54) is 46.8 Å². The van der Waals surface area contributed by atoms with Crippen molar-refractivity contribution in [3.63, 3.8) is 0 Å². The maximum absolute atomic E-state index is 13.1. The molecular formula is C22H24ClN3O7S. The summed E-state index contributed by atoms with van der Waals surface area (Å²) in [5.41, 5.74) is 0.218. The van der Waals surface area contributed by atoms with E-state index in [1.807, 2.05) is 0 Å². The van der Waals surface area contributed by atoms with Gasteiger partial charge in [0.05, 0.1) is 28.9 Å². The SMILES string of the molecule is CCOC(=O)C1CCN(S(=O)(=O)c2cccc(C(=O)CNc3ccc(Cl)c([N+](=O)[O-])c3)c2)CC1. The zero-order chi connectivity index (χ0) is 24.9. The van der Waals surface area contributed by atoms with Crippen molar-refractivity contribution in [1.29, 1.82) is 0 Å². The number of hydrogen-bond donors (Lipinski definition) is 1. The van der Waals surface area contributed by atoms with Gasteiger partial charge in [0.25, 0.3) is 5.69 Å². The molecule has 0 spiro atoms. The number of piperidine rings is 1. The average molecular weight is 510 g/mol. The number of sulfonamides is 1. The number of rotatable bonds is 9. The second kappa shape index (κ2) is 10.9. The smallest absolute Gasteiger partial charge is 0.309 e. The summed E-state index contributed by atoms with van der Waals surface area (Å²) in [6, 6.07) is 9.78. The van der Waals surface area contributed by atoms with Crippen LogP contribution < -0.4 is 5.32 Å². The number of nitro benzene ring substituents is 1. The van der Waals surface area contributed by atoms with Gasteiger partial charge >= 0.3 is 5.97 Å². The molecule has 1 N–H and O–H groups in total. The third kappa shape index (κ3) is 5.91. The molecule has 0 bridgehead atoms. The number of esters is 1. The van der Waals surface area contributed by atoms with Crippen molar-refractivity contribution in [2.24, 2.45) is 5.92 Å². The molecule has 2 aromatic rings. The van der Waals surface area contributed by atoms with E-state index in [-0.39, 0.29) is 59.3 Å². The summed E-state index contributed by atoms with van der Waals surface area (Å²) < 4.78 is 32.5. The number of anilines is 1. The third-order valence-electron chi connectivity index (χ3n) is 5.46. The fourth-order valence-electron chi connectivity index (χ4n) is 3.62. The quantitative estimate of drug-likeness (QED) is 0.235. The Balaban J connectivity index is 1.67. The van der Waals surface area contributed by atoms with Crippen molar-refractivity contribution >= 4 is 44.8 Å². The summed E-state index contributed by atoms with van der Waals surface area (Å²) in [4.78, 5) is 34.9. The molecule has 0 aromatic heterocycles. The van der Waals surface area contributed by atoms with Gasteiger partial charge in [-0.05, 0) is 44.0 Å². The largest absolute Gasteiger partial charge is 0.466 e. The first-order chi connectivity index (χ1) is 16.1. The molecule has 3 rings (SSSR count). The highest BCUT2D eigenvalue weighted by atomic mass is 35.5. The number of nitrogens with one attached hydrogen (secondary N) is 1. The van der Waals surface area contributed by atoms with E-state index in [1.54, 1.807) is 6.92 Å². The molecule has 1 saturated heterocycles. The molecule has 1 aliphatic rings. The summed E-state index contributed by atoms with van der Waals surface area (Å²) in [6.07, 6.45) is 0.738. The topological polar surface area (TPSA) is 136 Å². The molecule has 1 aliphatic heterocycles. The van der Waals surface area contributed by atoms with Gasteiger partial charge in [-0.25, -0.2) is 8.42 Å². The lowest BCUT2D eigenvalue weighted by Crippen LogP contribution is -2.40. The van der Waals surface area contributed by atoms with Gasteiger partial charge in [0.1, 0.15) is 5.02 Å². The number of hydrogen-bond acceptors (Lipinski definition) is 8. The van der Waals surface area contributed by atoms with E-state index >= 15 is 0 Å². The molecule has 182 valence electrons. The highest BCUT2D eigenvalue weighted by molar-refractivity contribution is 7.89. The first-order valence-corrected chi connectivity index (χ1v) is 12.4. The lowest BCUT2D eigenvalue weighted by Gasteiger charge is -2.30. The molecule has 0 unspecified atom stereocenters. The zero-order valence-corrected chi connectivity index (χ0v) is 20.0. The van der Waals surface area contributed by atoms with Crippen molar-refractivity contribution in [3.8, 4) is 0 Å². The first kappa shape index (κ1) is 25.6. The number of Topliss-reactive ketones (excluding diaryl/α,β-unsaturated/α-hetero) is 1. The molecular weight excluding hydrogens is 486 g/mol. The van der Waals surface area contributed by atoms with Crippen LogP contribution in [0.5, 0.6) is 0 Å². The van der Waals surface area contributed by atoms with Crippen LogP contribution in [0.3, 0.4) is 0 Å². The van der Waals surface area contributed by atoms with Crippen LogP contribution in [-0.4, -0.2) is 55.6 Å². The lowest BCUT2D eigenvalue weighted by atomic mass is 9.98. The minimum absolute atomic E-state index is 0.0185. The van der Waals surface area contributed by atoms with E-state index < -0.39 is 20.7 Å². The average Bonchev–Trinajstić information content (AvgIpc) is 2.83. The molecule has 0 aliphatic carbocycles. The van der Waals surface area contributed by atoms with Crippen LogP contribution >= 0.6 is 11.6 Å². The summed E-state index contributed by atoms with van der Waals surface area (Å²) in [5.74, 6) is -1.03. The molecule has 10 nitrogen and oxygen atoms in total. The van der Waals surface area contributed by atoms with Crippen molar-refractivity contribution in [1.82, 2.24) is 4.31 Å². The molecule has 0 amide bonds. The van der Waals surface area contributed by atoms with Gasteiger partial charge in [0.2, 0.25) is 10.0 Å². The molecule has 1 fully saturated rings. The monoisotopic (exact) mass is 509 g/mol. The predicted molar refractivity (Wildman–Crippen MR) is 125 cm³/mol. The van der Waals surface area contributed by atoms with Gasteiger partial charge in [-0.15, -0.1) is 0 Å². The molecule has 0 atom stereocenters. The van der Waals surface area contributed by atoms with Crippen LogP contribution in [0, 0.1) is 16.0 Å². The van der Waals surface area contributed by atoms with Crippen molar-refractivity contribution in [2.45, 2.75) is 24.7 Å². The van der Waals surface area contributed by atoms with Crippen LogP contribution in [0.4, 0.5) is 11.4 Å². The third-order valence-corrected chi connectivity index (χ3v) is 7.68. The number of carbonyl (C=O) groups is 2. The van der Waals surface area contributed by atoms with E-state index in [2.05, 4.69) is 5.32 Å². The molecule has 2 aromatic carbocycles. The maximum Gasteiger partial charge on any atom is 0.309 e. The van der Waals surface area contributed by atoms with Gasteiger partial charge in [0, 0.05) is 30.4 Å². The van der Waals surface area contributed by atoms with Gasteiger partial charge in [0.15, 0.2) is 5.78 Å². The van der Waals surface area contributed by atoms with Crippen molar-refractivity contribution < 1.29 is 27.7 Å². The van der Waals surface area contributed by atoms with Crippen LogP contribution in [0.15, 0.2) is 47.4 Å². The Kier molecular flexibility index (Phi) is 8.24. The first-order valence-electron chi connectivity index (χ1n) is 10.6. The Morgan fingerprint density at radius 1 is 1.21 bits per heavy atom. The van der Waals surface area contributed by atoms with Crippen LogP contribution in [0.2, 0.25) is 5.02 Å². The highest BCUT2D eigenvalue weighted by Crippen LogP contribution is 2.28. The van der Waals surface area contributed by atoms with Gasteiger partial charge in [-0.1, -0.05) is 23.7 Å². The van der Waals surface area contributed by atoms with Gasteiger partial charge in [-0.2, -0.15) is 4.31 Å². The second-order valence-electron chi connectivity index (χ2n) is 7.66. The number of ketones is 1. The molecule has 12 heteroatoms. The Hall–Kier alpha value is -3.02. The minimum Gasteiger partial charge on any atom is -0.466 e. The molecule has 1 heterocycles. The van der Waals surface area contributed by atoms with E-state index in [0.29, 0.717) is 18.5 Å². The van der Waals surface area contributed by atoms with Crippen LogP contribution in [0.25, 0.3) is 0 Å². The number of halogens is 1. The zero-order valence-electron chi connectivity index (χ0n) is 18.4. The standard InChI is InChI=1S/C22H24ClN3O7S/c1-2-33-22(28)15-8-10-25(11-9-15)34(31,32)18-5-3-4-16(12-18)21(27)14-24-17-6-7-19(23)20(13-17)26(29)30/h3-7,12-13,15,24H,2,8-11,14H2,1H3. The fourth-order valence-corrected chi connectivity index (χ4v) is 5.32. The Bertz CT molecular complexity index is 1190. The number of ether oxygens (including phenoxy) is 1. The summed E-state index contributed by atoms with van der Waals surface area (Å²) in [5, 5.41) is 13.8. The van der Waals surface area contributed by atoms with Gasteiger partial charge in [-0.3, -0.25) is 19.7 Å². The normalized spacial score (nSPS) is 15.0. The maximum atomic E-state index is 13.1. The molecule has 0 saturated carbocycles. The number of benzene rings is 2. The highest BCUT2D eigenvalue weighted by Gasteiger charge is 2.33. The predicted octanol–water partition coefficient (Wildman–Crippen LogP) is 3.51. The Morgan fingerprint density at radius 3 is 2.56 bits per heavy atom. The Labute approximate surface area is 202 Å². The fraction of sp³-hybridized carbons (Fsp3) is 0.364. The van der Waals surface area contributed by atoms with Crippen molar-refractivity contribution in [2.75, 3.05) is 31.6 Å². The molecule has 0 radical (unpaired) electrons. The Morgan fingerprint density at radius 2 is 1.91 bits per heavy atom. The number of nitro groups is 1. The molecule has 34 heavy (non-hydrogen) atoms. The van der Waals surface area contributed by atoms with E-state index in [0.717, 1.165) is 0 Å². The number of carbonyl (C=O) groups excluding carboxylic acids is 2. The minimum atomic E-state index is -3.85. The van der Waals surface area contributed by atoms with E-state index in [4.69, 9.17) is 16.3 Å². The van der Waals surface area contributed by atoms with Gasteiger partial charge < -0.3 is 10.1 Å². The summed E-state index contributed by atoms with van der Waals surface area (Å²) in [7, 11) is -3.85. The van der Waals surface area contributed by atoms with Crippen LogP contribution in [-0.2, 0) is 19.6 Å². The number of nitrogens with zero attached hydrogens (tertiary/aromatic N) is 2. The summed E-state index contributed by atoms with van der Waals surface area (Å²) >= 11 is 5.79. The second-order valence-corrected chi connectivity index (χ2v) is 10.0. The van der Waals surface area contributed by atoms with Crippen molar-refractivity contribution in [3.05, 3.63) is 63.2 Å². The lowest BCUT2D eigenvalue weighted by molar-refractivity contribution is -0.384. The van der Waals surface area contributed by atoms with Crippen LogP contribution in [0.1, 0.15) is 30.1 Å². The summed E-state index contributed by atoms with van der Waals surface area (Å²) in [6.45, 7) is 2.16.